The van der Waals surface area contributed by atoms with Crippen molar-refractivity contribution in [2.45, 2.75) is 18.9 Å². The van der Waals surface area contributed by atoms with Gasteiger partial charge in [0, 0.05) is 67.7 Å². The molecule has 1 amide bonds. The summed E-state index contributed by atoms with van der Waals surface area (Å²) < 4.78 is 14.5. The van der Waals surface area contributed by atoms with Crippen molar-refractivity contribution in [1.29, 1.82) is 0 Å². The van der Waals surface area contributed by atoms with Crippen LogP contribution in [0.2, 0.25) is 5.02 Å². The highest BCUT2D eigenvalue weighted by molar-refractivity contribution is 6.30. The van der Waals surface area contributed by atoms with Crippen LogP contribution in [0.4, 0.5) is 21.6 Å². The van der Waals surface area contributed by atoms with Crippen LogP contribution >= 0.6 is 11.6 Å². The first-order chi connectivity index (χ1) is 17.9. The molecule has 0 spiro atoms. The van der Waals surface area contributed by atoms with Gasteiger partial charge in [-0.15, -0.1) is 5.10 Å². The number of hydrogen-bond acceptors (Lipinski definition) is 8. The molecule has 37 heavy (non-hydrogen) atoms. The molecule has 2 fully saturated rings. The molecular formula is C26H30ClFN8O. The number of piperazine rings is 1. The molecular weight excluding hydrogens is 495 g/mol. The summed E-state index contributed by atoms with van der Waals surface area (Å²) in [6, 6.07) is 9.75. The van der Waals surface area contributed by atoms with Crippen molar-refractivity contribution in [2.75, 3.05) is 56.9 Å². The second kappa shape index (κ2) is 11.5. The minimum absolute atomic E-state index is 0.0591. The number of aromatic nitrogens is 3. The Bertz CT molecular complexity index is 1260. The number of carbonyl (C=O) groups excluding carboxylic acids is 1. The van der Waals surface area contributed by atoms with Crippen LogP contribution in [0.25, 0.3) is 11.3 Å². The number of amides is 1. The van der Waals surface area contributed by atoms with Gasteiger partial charge in [0.05, 0.1) is 17.4 Å². The Morgan fingerprint density at radius 3 is 2.73 bits per heavy atom. The van der Waals surface area contributed by atoms with E-state index in [-0.39, 0.29) is 17.5 Å². The van der Waals surface area contributed by atoms with Crippen LogP contribution in [0.1, 0.15) is 24.6 Å². The lowest BCUT2D eigenvalue weighted by atomic mass is 10.0. The van der Waals surface area contributed by atoms with Crippen molar-refractivity contribution in [3.63, 3.8) is 0 Å². The molecule has 2 saturated heterocycles. The number of benzene rings is 1. The lowest BCUT2D eigenvalue weighted by Gasteiger charge is -2.32. The molecule has 3 aromatic rings. The van der Waals surface area contributed by atoms with E-state index in [1.54, 1.807) is 24.4 Å². The molecule has 11 heteroatoms. The first-order valence-electron chi connectivity index (χ1n) is 12.4. The Hall–Kier alpha value is -3.18. The fourth-order valence-corrected chi connectivity index (χ4v) is 4.55. The van der Waals surface area contributed by atoms with Gasteiger partial charge in [0.2, 0.25) is 5.91 Å². The molecule has 4 heterocycles. The van der Waals surface area contributed by atoms with Gasteiger partial charge in [-0.25, -0.2) is 9.37 Å². The summed E-state index contributed by atoms with van der Waals surface area (Å²) in [6.07, 6.45) is 2.97. The topological polar surface area (TPSA) is 98.3 Å². The Kier molecular flexibility index (Phi) is 7.90. The number of nitrogens with zero attached hydrogens (tertiary/aromatic N) is 5. The van der Waals surface area contributed by atoms with E-state index in [1.165, 1.54) is 18.2 Å². The van der Waals surface area contributed by atoms with Crippen LogP contribution in [-0.4, -0.2) is 77.2 Å². The van der Waals surface area contributed by atoms with Crippen molar-refractivity contribution >= 4 is 34.7 Å². The van der Waals surface area contributed by atoms with Gasteiger partial charge in [0.15, 0.2) is 0 Å². The van der Waals surface area contributed by atoms with Gasteiger partial charge in [-0.2, -0.15) is 5.10 Å². The molecule has 0 bridgehead atoms. The van der Waals surface area contributed by atoms with E-state index < -0.39 is 5.82 Å². The average molecular weight is 525 g/mol. The predicted molar refractivity (Wildman–Crippen MR) is 143 cm³/mol. The van der Waals surface area contributed by atoms with E-state index in [4.69, 9.17) is 11.6 Å². The van der Waals surface area contributed by atoms with E-state index in [0.29, 0.717) is 28.6 Å². The van der Waals surface area contributed by atoms with Crippen LogP contribution in [0, 0.1) is 5.82 Å². The molecule has 0 radical (unpaired) electrons. The van der Waals surface area contributed by atoms with Crippen molar-refractivity contribution < 1.29 is 9.18 Å². The summed E-state index contributed by atoms with van der Waals surface area (Å²) in [5.41, 5.74) is 2.80. The highest BCUT2D eigenvalue weighted by Gasteiger charge is 2.25. The van der Waals surface area contributed by atoms with Gasteiger partial charge in [0.1, 0.15) is 17.3 Å². The summed E-state index contributed by atoms with van der Waals surface area (Å²) in [7, 11) is 2.11. The van der Waals surface area contributed by atoms with E-state index in [1.807, 2.05) is 0 Å². The Labute approximate surface area is 220 Å². The maximum absolute atomic E-state index is 14.5. The van der Waals surface area contributed by atoms with E-state index in [9.17, 15) is 9.18 Å². The summed E-state index contributed by atoms with van der Waals surface area (Å²) in [5, 5.41) is 18.7. The fraction of sp³-hybridized carbons (Fsp3) is 0.385. The van der Waals surface area contributed by atoms with Crippen molar-refractivity contribution in [1.82, 2.24) is 30.3 Å². The highest BCUT2D eigenvalue weighted by Crippen LogP contribution is 2.33. The normalized spacial score (nSPS) is 18.3. The quantitative estimate of drug-likeness (QED) is 0.410. The molecule has 0 saturated carbocycles. The highest BCUT2D eigenvalue weighted by atomic mass is 35.5. The van der Waals surface area contributed by atoms with Crippen LogP contribution in [-0.2, 0) is 4.79 Å². The number of anilines is 3. The zero-order chi connectivity index (χ0) is 25.8. The Morgan fingerprint density at radius 1 is 1.16 bits per heavy atom. The number of pyridine rings is 1. The van der Waals surface area contributed by atoms with Crippen LogP contribution in [0.5, 0.6) is 0 Å². The molecule has 0 aliphatic carbocycles. The summed E-state index contributed by atoms with van der Waals surface area (Å²) >= 11 is 6.09. The monoisotopic (exact) mass is 524 g/mol. The second-order valence-corrected chi connectivity index (χ2v) is 9.88. The van der Waals surface area contributed by atoms with Crippen molar-refractivity contribution in [2.24, 2.45) is 0 Å². The Morgan fingerprint density at radius 2 is 1.97 bits per heavy atom. The zero-order valence-electron chi connectivity index (χ0n) is 20.7. The molecule has 2 aromatic heterocycles. The maximum Gasteiger partial charge on any atom is 0.226 e. The third-order valence-electron chi connectivity index (χ3n) is 6.74. The summed E-state index contributed by atoms with van der Waals surface area (Å²) in [4.78, 5) is 21.5. The smallest absolute Gasteiger partial charge is 0.226 e. The SMILES string of the molecule is CN1CCN(CCC(=O)Nc2cc(Nc3cc(-c4cc(Cl)ccc4F)nnc3C3CCN3)ccn2)CC1. The van der Waals surface area contributed by atoms with Crippen LogP contribution in [0.3, 0.4) is 0 Å². The van der Waals surface area contributed by atoms with Crippen LogP contribution < -0.4 is 16.0 Å². The number of likely N-dealkylation sites (N-methyl/N-ethyl adjacent to an activating group) is 1. The zero-order valence-corrected chi connectivity index (χ0v) is 21.4. The number of carbonyl (C=O) groups is 1. The Balaban J connectivity index is 1.30. The summed E-state index contributed by atoms with van der Waals surface area (Å²) in [5.74, 6) is -0.0447. The number of rotatable bonds is 8. The number of halogens is 2. The number of hydrogen-bond donors (Lipinski definition) is 3. The average Bonchev–Trinajstić information content (AvgIpc) is 2.85. The maximum atomic E-state index is 14.5. The molecule has 2 aliphatic heterocycles. The van der Waals surface area contributed by atoms with E-state index >= 15 is 0 Å². The lowest BCUT2D eigenvalue weighted by Crippen LogP contribution is -2.45. The third-order valence-corrected chi connectivity index (χ3v) is 6.97. The van der Waals surface area contributed by atoms with Crippen LogP contribution in [0.15, 0.2) is 42.6 Å². The van der Waals surface area contributed by atoms with Gasteiger partial charge in [-0.1, -0.05) is 11.6 Å². The first-order valence-corrected chi connectivity index (χ1v) is 12.8. The first kappa shape index (κ1) is 25.5. The largest absolute Gasteiger partial charge is 0.354 e. The van der Waals surface area contributed by atoms with Gasteiger partial charge < -0.3 is 25.8 Å². The molecule has 2 aliphatic rings. The molecule has 1 atom stereocenters. The third kappa shape index (κ3) is 6.40. The standard InChI is InChI=1S/C26H30ClFN8O/c1-35-10-12-36(13-11-35)9-6-25(37)32-24-15-18(4-7-30-24)31-23-16-22(19-14-17(27)2-3-20(19)28)33-34-26(23)21-5-8-29-21/h2-4,7,14-16,21,29H,5-6,8-13H2,1H3,(H2,30,31,32,33,37). The van der Waals surface area contributed by atoms with E-state index in [0.717, 1.165) is 57.1 Å². The summed E-state index contributed by atoms with van der Waals surface area (Å²) in [6.45, 7) is 5.60. The molecule has 1 unspecified atom stereocenters. The molecule has 3 N–H and O–H groups in total. The molecule has 9 nitrogen and oxygen atoms in total. The minimum Gasteiger partial charge on any atom is -0.354 e. The minimum atomic E-state index is -0.426. The van der Waals surface area contributed by atoms with Gasteiger partial charge in [-0.05, 0) is 50.3 Å². The van der Waals surface area contributed by atoms with Crippen molar-refractivity contribution in [3.05, 3.63) is 59.1 Å². The molecule has 194 valence electrons. The molecule has 1 aromatic carbocycles. The van der Waals surface area contributed by atoms with E-state index in [2.05, 4.69) is 48.0 Å². The molecule has 5 rings (SSSR count). The van der Waals surface area contributed by atoms with Gasteiger partial charge in [0.25, 0.3) is 0 Å². The van der Waals surface area contributed by atoms with Gasteiger partial charge >= 0.3 is 0 Å². The fourth-order valence-electron chi connectivity index (χ4n) is 4.37. The van der Waals surface area contributed by atoms with Gasteiger partial charge in [-0.3, -0.25) is 4.79 Å². The lowest BCUT2D eigenvalue weighted by molar-refractivity contribution is -0.116. The second-order valence-electron chi connectivity index (χ2n) is 9.45. The number of nitrogens with one attached hydrogen (secondary N) is 3. The van der Waals surface area contributed by atoms with Crippen molar-refractivity contribution in [3.8, 4) is 11.3 Å². The predicted octanol–water partition coefficient (Wildman–Crippen LogP) is 3.69.